The maximum Gasteiger partial charge on any atom is 0.338 e. The quantitative estimate of drug-likeness (QED) is 0.672. The third-order valence-electron chi connectivity index (χ3n) is 4.54. The molecule has 128 valence electrons. The van der Waals surface area contributed by atoms with Crippen LogP contribution in [-0.2, 0) is 7.05 Å². The summed E-state index contributed by atoms with van der Waals surface area (Å²) in [5.74, 6) is 0.438. The number of imidazole rings is 1. The third-order valence-corrected chi connectivity index (χ3v) is 4.54. The Balaban J connectivity index is 1.88. The fraction of sp³-hybridized carbons (Fsp3) is 0.353. The Morgan fingerprint density at radius 2 is 1.88 bits per heavy atom. The molecule has 0 radical (unpaired) electrons. The van der Waals surface area contributed by atoms with Gasteiger partial charge in [0.1, 0.15) is 5.52 Å². The van der Waals surface area contributed by atoms with Gasteiger partial charge < -0.3 is 4.90 Å². The van der Waals surface area contributed by atoms with Gasteiger partial charge in [0.05, 0.1) is 6.20 Å². The molecule has 1 saturated heterocycles. The highest BCUT2D eigenvalue weighted by molar-refractivity contribution is 5.87. The number of carbonyl (C=O) groups is 1. The number of fused-ring (bicyclic) bond motifs is 1. The van der Waals surface area contributed by atoms with Crippen LogP contribution in [-0.4, -0.2) is 48.1 Å². The standard InChI is InChI=1S/C17H18N6O2/c1-11-5-6-12(9-18-11)14-19-10-13-15(20-14)23(16(24)21(13)2)17(25)22-7-3-4-8-22/h5-6,9-10H,3-4,7-8H2,1-2H3. The molecule has 0 aromatic carbocycles. The summed E-state index contributed by atoms with van der Waals surface area (Å²) < 4.78 is 2.55. The summed E-state index contributed by atoms with van der Waals surface area (Å²) in [5.41, 5.74) is 2.09. The number of carbonyl (C=O) groups excluding carboxylic acids is 1. The number of likely N-dealkylation sites (tertiary alicyclic amines) is 1. The van der Waals surface area contributed by atoms with Crippen molar-refractivity contribution in [2.75, 3.05) is 13.1 Å². The largest absolute Gasteiger partial charge is 0.338 e. The molecular formula is C17H18N6O2. The fourth-order valence-corrected chi connectivity index (χ4v) is 3.07. The summed E-state index contributed by atoms with van der Waals surface area (Å²) in [5, 5.41) is 0. The molecule has 25 heavy (non-hydrogen) atoms. The van der Waals surface area contributed by atoms with Gasteiger partial charge in [0.25, 0.3) is 0 Å². The lowest BCUT2D eigenvalue weighted by Crippen LogP contribution is -2.38. The Bertz CT molecular complexity index is 1010. The number of pyridine rings is 1. The Morgan fingerprint density at radius 3 is 2.56 bits per heavy atom. The van der Waals surface area contributed by atoms with Crippen LogP contribution >= 0.6 is 0 Å². The van der Waals surface area contributed by atoms with E-state index in [4.69, 9.17) is 0 Å². The van der Waals surface area contributed by atoms with Crippen molar-refractivity contribution in [1.29, 1.82) is 0 Å². The molecule has 0 N–H and O–H groups in total. The molecule has 8 nitrogen and oxygen atoms in total. The van der Waals surface area contributed by atoms with Crippen LogP contribution < -0.4 is 5.69 Å². The van der Waals surface area contributed by atoms with Crippen LogP contribution in [0.5, 0.6) is 0 Å². The van der Waals surface area contributed by atoms with E-state index in [0.717, 1.165) is 28.7 Å². The van der Waals surface area contributed by atoms with E-state index in [1.165, 1.54) is 4.57 Å². The first-order chi connectivity index (χ1) is 12.1. The first kappa shape index (κ1) is 15.5. The minimum Gasteiger partial charge on any atom is -0.324 e. The maximum absolute atomic E-state index is 12.8. The zero-order valence-corrected chi connectivity index (χ0v) is 14.1. The summed E-state index contributed by atoms with van der Waals surface area (Å²) in [6, 6.07) is 3.42. The monoisotopic (exact) mass is 338 g/mol. The number of hydrogen-bond acceptors (Lipinski definition) is 5. The van der Waals surface area contributed by atoms with Crippen molar-refractivity contribution >= 4 is 17.2 Å². The van der Waals surface area contributed by atoms with E-state index in [-0.39, 0.29) is 6.03 Å². The molecule has 1 aliphatic rings. The van der Waals surface area contributed by atoms with E-state index in [9.17, 15) is 9.59 Å². The molecule has 8 heteroatoms. The Hall–Kier alpha value is -3.03. The highest BCUT2D eigenvalue weighted by atomic mass is 16.2. The molecule has 0 unspecified atom stereocenters. The summed E-state index contributed by atoms with van der Waals surface area (Å²) in [7, 11) is 1.62. The van der Waals surface area contributed by atoms with Crippen molar-refractivity contribution in [2.45, 2.75) is 19.8 Å². The normalized spacial score (nSPS) is 14.4. The summed E-state index contributed by atoms with van der Waals surface area (Å²) in [6.45, 7) is 3.24. The van der Waals surface area contributed by atoms with Crippen LogP contribution in [0.15, 0.2) is 29.3 Å². The van der Waals surface area contributed by atoms with Crippen LogP contribution in [0.3, 0.4) is 0 Å². The molecule has 3 aromatic rings. The van der Waals surface area contributed by atoms with Gasteiger partial charge in [-0.05, 0) is 31.9 Å². The van der Waals surface area contributed by atoms with Gasteiger partial charge in [-0.15, -0.1) is 0 Å². The van der Waals surface area contributed by atoms with E-state index in [2.05, 4.69) is 15.0 Å². The average molecular weight is 338 g/mol. The second-order valence-electron chi connectivity index (χ2n) is 6.24. The molecule has 0 atom stereocenters. The minimum atomic E-state index is -0.402. The molecule has 1 amide bonds. The molecule has 4 rings (SSSR count). The van der Waals surface area contributed by atoms with E-state index in [1.54, 1.807) is 24.3 Å². The minimum absolute atomic E-state index is 0.320. The number of amides is 1. The van der Waals surface area contributed by atoms with Crippen molar-refractivity contribution in [3.8, 4) is 11.4 Å². The van der Waals surface area contributed by atoms with Gasteiger partial charge in [0, 0.05) is 37.6 Å². The molecule has 0 bridgehead atoms. The highest BCUT2D eigenvalue weighted by Gasteiger charge is 2.25. The number of nitrogens with zero attached hydrogens (tertiary/aromatic N) is 6. The van der Waals surface area contributed by atoms with Crippen LogP contribution in [0.1, 0.15) is 18.5 Å². The van der Waals surface area contributed by atoms with Crippen molar-refractivity contribution in [1.82, 2.24) is 29.0 Å². The van der Waals surface area contributed by atoms with Gasteiger partial charge in [-0.3, -0.25) is 9.55 Å². The summed E-state index contributed by atoms with van der Waals surface area (Å²) in [4.78, 5) is 40.1. The SMILES string of the molecule is Cc1ccc(-c2ncc3c(n2)n(C(=O)N2CCCC2)c(=O)n3C)cn1. The van der Waals surface area contributed by atoms with Gasteiger partial charge in [0.15, 0.2) is 11.5 Å². The zero-order valence-electron chi connectivity index (χ0n) is 14.1. The van der Waals surface area contributed by atoms with Crippen LogP contribution in [0.4, 0.5) is 4.79 Å². The average Bonchev–Trinajstić information content (AvgIpc) is 3.23. The van der Waals surface area contributed by atoms with Crippen LogP contribution in [0, 0.1) is 6.92 Å². The lowest BCUT2D eigenvalue weighted by molar-refractivity contribution is 0.210. The zero-order chi connectivity index (χ0) is 17.6. The second kappa shape index (κ2) is 5.80. The lowest BCUT2D eigenvalue weighted by Gasteiger charge is -2.14. The molecule has 1 fully saturated rings. The van der Waals surface area contributed by atoms with Gasteiger partial charge in [0.2, 0.25) is 0 Å². The lowest BCUT2D eigenvalue weighted by atomic mass is 10.2. The number of aryl methyl sites for hydroxylation is 2. The molecule has 3 aromatic heterocycles. The summed E-state index contributed by atoms with van der Waals surface area (Å²) >= 11 is 0. The second-order valence-corrected chi connectivity index (χ2v) is 6.24. The van der Waals surface area contributed by atoms with Gasteiger partial charge in [-0.1, -0.05) is 0 Å². The molecule has 0 saturated carbocycles. The van der Waals surface area contributed by atoms with Crippen LogP contribution in [0.2, 0.25) is 0 Å². The van der Waals surface area contributed by atoms with Gasteiger partial charge >= 0.3 is 11.7 Å². The maximum atomic E-state index is 12.8. The number of rotatable bonds is 1. The van der Waals surface area contributed by atoms with Crippen molar-refractivity contribution < 1.29 is 4.79 Å². The van der Waals surface area contributed by atoms with Gasteiger partial charge in [-0.25, -0.2) is 19.6 Å². The molecule has 1 aliphatic heterocycles. The van der Waals surface area contributed by atoms with Crippen molar-refractivity contribution in [3.63, 3.8) is 0 Å². The Kier molecular flexibility index (Phi) is 3.60. The first-order valence-electron chi connectivity index (χ1n) is 8.23. The highest BCUT2D eigenvalue weighted by Crippen LogP contribution is 2.18. The van der Waals surface area contributed by atoms with E-state index in [0.29, 0.717) is 30.1 Å². The summed E-state index contributed by atoms with van der Waals surface area (Å²) in [6.07, 6.45) is 5.18. The predicted molar refractivity (Wildman–Crippen MR) is 92.3 cm³/mol. The Morgan fingerprint density at radius 1 is 1.12 bits per heavy atom. The molecular weight excluding hydrogens is 320 g/mol. The fourth-order valence-electron chi connectivity index (χ4n) is 3.07. The van der Waals surface area contributed by atoms with Crippen molar-refractivity contribution in [2.24, 2.45) is 7.05 Å². The van der Waals surface area contributed by atoms with Gasteiger partial charge in [-0.2, -0.15) is 4.57 Å². The number of hydrogen-bond donors (Lipinski definition) is 0. The van der Waals surface area contributed by atoms with E-state index in [1.807, 2.05) is 19.1 Å². The predicted octanol–water partition coefficient (Wildman–Crippen LogP) is 1.56. The molecule has 0 spiro atoms. The first-order valence-corrected chi connectivity index (χ1v) is 8.23. The van der Waals surface area contributed by atoms with E-state index < -0.39 is 5.69 Å². The Labute approximate surface area is 143 Å². The smallest absolute Gasteiger partial charge is 0.324 e. The third kappa shape index (κ3) is 2.50. The number of aromatic nitrogens is 5. The van der Waals surface area contributed by atoms with Crippen molar-refractivity contribution in [3.05, 3.63) is 40.7 Å². The molecule has 0 aliphatic carbocycles. The van der Waals surface area contributed by atoms with E-state index >= 15 is 0 Å². The molecule has 4 heterocycles. The topological polar surface area (TPSA) is 85.9 Å². The van der Waals surface area contributed by atoms with Crippen LogP contribution in [0.25, 0.3) is 22.6 Å².